The molecule has 0 aromatic carbocycles. The summed E-state index contributed by atoms with van der Waals surface area (Å²) in [5.41, 5.74) is -3.16. The lowest BCUT2D eigenvalue weighted by Crippen LogP contribution is -2.47. The van der Waals surface area contributed by atoms with Crippen molar-refractivity contribution in [3.8, 4) is 0 Å². The topological polar surface area (TPSA) is 75.6 Å². The average Bonchev–Trinajstić information content (AvgIpc) is 2.98. The molecule has 0 atom stereocenters. The zero-order valence-corrected chi connectivity index (χ0v) is 8.76. The van der Waals surface area contributed by atoms with Gasteiger partial charge in [0.05, 0.1) is 0 Å². The number of aliphatic carboxylic acids is 1. The van der Waals surface area contributed by atoms with E-state index < -0.39 is 36.6 Å². The summed E-state index contributed by atoms with van der Waals surface area (Å²) in [4.78, 5) is 21.9. The van der Waals surface area contributed by atoms with Gasteiger partial charge in [-0.25, -0.2) is 18.4 Å². The van der Waals surface area contributed by atoms with E-state index in [1.165, 1.54) is 0 Å². The number of carboxylic acids is 1. The molecular formula is C9H13F2NO4. The van der Waals surface area contributed by atoms with E-state index in [0.717, 1.165) is 6.92 Å². The Kier molecular flexibility index (Phi) is 3.35. The van der Waals surface area contributed by atoms with Crippen LogP contribution in [0.1, 0.15) is 19.8 Å². The van der Waals surface area contributed by atoms with Crippen molar-refractivity contribution in [2.75, 3.05) is 13.3 Å². The van der Waals surface area contributed by atoms with Crippen molar-refractivity contribution in [3.05, 3.63) is 0 Å². The Labute approximate surface area is 90.8 Å². The van der Waals surface area contributed by atoms with Gasteiger partial charge in [-0.05, 0) is 19.8 Å². The minimum atomic E-state index is -1.85. The number of hydrogen-bond acceptors (Lipinski definition) is 3. The Balaban J connectivity index is 2.51. The van der Waals surface area contributed by atoms with Gasteiger partial charge in [0.25, 0.3) is 0 Å². The summed E-state index contributed by atoms with van der Waals surface area (Å²) in [5.74, 6) is -1.17. The molecule has 0 spiro atoms. The predicted molar refractivity (Wildman–Crippen MR) is 49.6 cm³/mol. The zero-order valence-electron chi connectivity index (χ0n) is 8.76. The average molecular weight is 237 g/mol. The van der Waals surface area contributed by atoms with Crippen molar-refractivity contribution in [2.45, 2.75) is 30.9 Å². The minimum Gasteiger partial charge on any atom is -0.480 e. The fourth-order valence-electron chi connectivity index (χ4n) is 1.05. The van der Waals surface area contributed by atoms with Gasteiger partial charge in [0.2, 0.25) is 0 Å². The van der Waals surface area contributed by atoms with Gasteiger partial charge in [-0.2, -0.15) is 0 Å². The third kappa shape index (κ3) is 2.59. The normalized spacial score (nSPS) is 17.7. The molecule has 1 aliphatic carbocycles. The van der Waals surface area contributed by atoms with Crippen molar-refractivity contribution < 1.29 is 28.2 Å². The largest absolute Gasteiger partial charge is 0.480 e. The second kappa shape index (κ2) is 4.23. The molecule has 2 N–H and O–H groups in total. The molecule has 0 aliphatic heterocycles. The Morgan fingerprint density at radius 2 is 1.94 bits per heavy atom. The predicted octanol–water partition coefficient (Wildman–Crippen LogP) is 1.03. The number of carbonyl (C=O) groups is 2. The molecule has 92 valence electrons. The second-order valence-electron chi connectivity index (χ2n) is 4.12. The Hall–Kier alpha value is -1.40. The maximum atomic E-state index is 12.3. The molecule has 5 nitrogen and oxygen atoms in total. The minimum absolute atomic E-state index is 0.291. The molecular weight excluding hydrogens is 224 g/mol. The summed E-state index contributed by atoms with van der Waals surface area (Å²) >= 11 is 0. The van der Waals surface area contributed by atoms with E-state index >= 15 is 0 Å². The first-order valence-corrected chi connectivity index (χ1v) is 4.74. The van der Waals surface area contributed by atoms with E-state index in [9.17, 15) is 18.4 Å². The molecule has 0 aromatic rings. The van der Waals surface area contributed by atoms with Crippen LogP contribution in [0.4, 0.5) is 13.6 Å². The Morgan fingerprint density at radius 3 is 2.25 bits per heavy atom. The van der Waals surface area contributed by atoms with Crippen LogP contribution in [0.15, 0.2) is 0 Å². The van der Waals surface area contributed by atoms with Gasteiger partial charge in [-0.3, -0.25) is 0 Å². The van der Waals surface area contributed by atoms with Crippen LogP contribution >= 0.6 is 0 Å². The molecule has 0 unspecified atom stereocenters. The summed E-state index contributed by atoms with van der Waals surface area (Å²) < 4.78 is 29.2. The van der Waals surface area contributed by atoms with Gasteiger partial charge in [-0.15, -0.1) is 0 Å². The van der Waals surface area contributed by atoms with Gasteiger partial charge in [0, 0.05) is 0 Å². The molecule has 0 aromatic heterocycles. The van der Waals surface area contributed by atoms with Crippen LogP contribution in [0.2, 0.25) is 0 Å². The van der Waals surface area contributed by atoms with Crippen molar-refractivity contribution in [1.29, 1.82) is 0 Å². The van der Waals surface area contributed by atoms with E-state index in [-0.39, 0.29) is 0 Å². The van der Waals surface area contributed by atoms with E-state index in [0.29, 0.717) is 12.8 Å². The number of amides is 1. The van der Waals surface area contributed by atoms with Gasteiger partial charge in [-0.1, -0.05) is 0 Å². The van der Waals surface area contributed by atoms with Crippen LogP contribution in [-0.4, -0.2) is 41.7 Å². The van der Waals surface area contributed by atoms with Gasteiger partial charge >= 0.3 is 12.1 Å². The third-order valence-electron chi connectivity index (χ3n) is 2.41. The molecule has 0 saturated heterocycles. The highest BCUT2D eigenvalue weighted by molar-refractivity contribution is 5.87. The molecule has 1 fully saturated rings. The Bertz CT molecular complexity index is 300. The summed E-state index contributed by atoms with van der Waals surface area (Å²) in [6.45, 7) is -1.25. The molecule has 7 heteroatoms. The molecule has 16 heavy (non-hydrogen) atoms. The highest BCUT2D eigenvalue weighted by Gasteiger charge is 2.52. The number of rotatable bonds is 5. The first-order chi connectivity index (χ1) is 7.37. The van der Waals surface area contributed by atoms with Crippen LogP contribution in [0.25, 0.3) is 0 Å². The second-order valence-corrected chi connectivity index (χ2v) is 4.12. The number of ether oxygens (including phenoxy) is 1. The van der Waals surface area contributed by atoms with Crippen molar-refractivity contribution in [1.82, 2.24) is 5.32 Å². The van der Waals surface area contributed by atoms with Crippen LogP contribution < -0.4 is 5.32 Å². The van der Waals surface area contributed by atoms with Gasteiger partial charge < -0.3 is 15.2 Å². The van der Waals surface area contributed by atoms with Gasteiger partial charge in [0.1, 0.15) is 18.9 Å². The highest BCUT2D eigenvalue weighted by atomic mass is 19.1. The number of carbonyl (C=O) groups excluding carboxylic acids is 1. The Morgan fingerprint density at radius 1 is 1.44 bits per heavy atom. The van der Waals surface area contributed by atoms with Crippen molar-refractivity contribution >= 4 is 12.1 Å². The monoisotopic (exact) mass is 237 g/mol. The lowest BCUT2D eigenvalue weighted by Gasteiger charge is -2.24. The highest BCUT2D eigenvalue weighted by Crippen LogP contribution is 2.35. The summed E-state index contributed by atoms with van der Waals surface area (Å²) in [6.07, 6.45) is -0.531. The lowest BCUT2D eigenvalue weighted by molar-refractivity contribution is -0.140. The zero-order chi connectivity index (χ0) is 12.4. The lowest BCUT2D eigenvalue weighted by atomic mass is 10.1. The van der Waals surface area contributed by atoms with Gasteiger partial charge in [0.15, 0.2) is 5.60 Å². The van der Waals surface area contributed by atoms with Crippen LogP contribution in [0.5, 0.6) is 0 Å². The van der Waals surface area contributed by atoms with Crippen LogP contribution in [0, 0.1) is 0 Å². The first-order valence-electron chi connectivity index (χ1n) is 4.74. The molecule has 0 radical (unpaired) electrons. The number of halogens is 2. The fraction of sp³-hybridized carbons (Fsp3) is 0.778. The molecule has 0 heterocycles. The van der Waals surface area contributed by atoms with Crippen molar-refractivity contribution in [2.24, 2.45) is 0 Å². The molecule has 1 rings (SSSR count). The molecule has 0 bridgehead atoms. The molecule has 1 amide bonds. The number of alkyl halides is 2. The van der Waals surface area contributed by atoms with Crippen molar-refractivity contribution in [3.63, 3.8) is 0 Å². The molecule has 1 aliphatic rings. The van der Waals surface area contributed by atoms with E-state index in [1.807, 2.05) is 0 Å². The SMILES string of the molecule is CC(CF)(CF)OC(=O)NC1(C(=O)O)CC1. The standard InChI is InChI=1S/C9H13F2NO4/c1-8(4-10,5-11)16-7(15)12-9(2-3-9)6(13)14/h2-5H2,1H3,(H,12,15)(H,13,14). The maximum Gasteiger partial charge on any atom is 0.408 e. The smallest absolute Gasteiger partial charge is 0.408 e. The number of nitrogens with one attached hydrogen (secondary N) is 1. The van der Waals surface area contributed by atoms with E-state index in [1.54, 1.807) is 0 Å². The quantitative estimate of drug-likeness (QED) is 0.748. The van der Waals surface area contributed by atoms with Crippen LogP contribution in [-0.2, 0) is 9.53 Å². The fourth-order valence-corrected chi connectivity index (χ4v) is 1.05. The van der Waals surface area contributed by atoms with E-state index in [4.69, 9.17) is 5.11 Å². The third-order valence-corrected chi connectivity index (χ3v) is 2.41. The number of carboxylic acid groups (broad SMARTS) is 1. The van der Waals surface area contributed by atoms with Crippen LogP contribution in [0.3, 0.4) is 0 Å². The van der Waals surface area contributed by atoms with E-state index in [2.05, 4.69) is 10.1 Å². The number of hydrogen-bond donors (Lipinski definition) is 2. The summed E-state index contributed by atoms with van der Waals surface area (Å²) in [6, 6.07) is 0. The summed E-state index contributed by atoms with van der Waals surface area (Å²) in [7, 11) is 0. The summed E-state index contributed by atoms with van der Waals surface area (Å²) in [5, 5.41) is 10.8. The first kappa shape index (κ1) is 12.7. The number of alkyl carbamates (subject to hydrolysis) is 1. The molecule has 1 saturated carbocycles. The maximum absolute atomic E-state index is 12.3.